The molecule has 0 aliphatic carbocycles. The summed E-state index contributed by atoms with van der Waals surface area (Å²) in [5.74, 6) is -0.591. The topological polar surface area (TPSA) is 69.6 Å². The van der Waals surface area contributed by atoms with Gasteiger partial charge < -0.3 is 10.0 Å². The molecule has 2 saturated heterocycles. The van der Waals surface area contributed by atoms with Gasteiger partial charge in [-0.05, 0) is 13.0 Å². The highest BCUT2D eigenvalue weighted by Crippen LogP contribution is 2.27. The normalized spacial score (nSPS) is 32.9. The van der Waals surface area contributed by atoms with E-state index in [-0.39, 0.29) is 30.3 Å². The molecule has 5 nitrogen and oxygen atoms in total. The number of nitrogens with one attached hydrogen (secondary N) is 1. The number of rotatable bonds is 2. The van der Waals surface area contributed by atoms with Gasteiger partial charge in [0.05, 0.1) is 18.4 Å². The van der Waals surface area contributed by atoms with Crippen LogP contribution in [-0.2, 0) is 9.59 Å². The lowest BCUT2D eigenvalue weighted by Gasteiger charge is -2.31. The van der Waals surface area contributed by atoms with E-state index in [4.69, 9.17) is 5.11 Å². The van der Waals surface area contributed by atoms with Crippen LogP contribution >= 0.6 is 0 Å². The molecule has 2 heterocycles. The molecule has 0 radical (unpaired) electrons. The lowest BCUT2D eigenvalue weighted by molar-refractivity contribution is -0.126. The van der Waals surface area contributed by atoms with Crippen molar-refractivity contribution in [1.82, 2.24) is 10.2 Å². The van der Waals surface area contributed by atoms with Crippen molar-refractivity contribution in [2.75, 3.05) is 26.2 Å². The number of aliphatic hydroxyl groups is 1. The van der Waals surface area contributed by atoms with Gasteiger partial charge in [0.25, 0.3) is 0 Å². The molecule has 0 aromatic carbocycles. The van der Waals surface area contributed by atoms with Gasteiger partial charge in [-0.15, -0.1) is 0 Å². The molecule has 2 N–H and O–H groups in total. The monoisotopic (exact) mass is 198 g/mol. The number of carbonyl (C=O) groups excluding carboxylic acids is 2. The van der Waals surface area contributed by atoms with E-state index in [9.17, 15) is 9.59 Å². The molecule has 0 bridgehead atoms. The zero-order valence-electron chi connectivity index (χ0n) is 7.90. The molecule has 2 unspecified atom stereocenters. The predicted octanol–water partition coefficient (Wildman–Crippen LogP) is -1.43. The number of β-amino-alcohol motifs (C(OH)–C–C–N with tert-alkyl or cyclic N) is 1. The summed E-state index contributed by atoms with van der Waals surface area (Å²) in [4.78, 5) is 24.7. The van der Waals surface area contributed by atoms with E-state index in [0.29, 0.717) is 13.1 Å². The van der Waals surface area contributed by atoms with E-state index in [1.807, 2.05) is 4.90 Å². The Labute approximate surface area is 82.1 Å². The first-order chi connectivity index (χ1) is 6.72. The highest BCUT2D eigenvalue weighted by Gasteiger charge is 2.44. The van der Waals surface area contributed by atoms with Crippen molar-refractivity contribution >= 4 is 11.8 Å². The third kappa shape index (κ3) is 1.53. The van der Waals surface area contributed by atoms with Gasteiger partial charge in [-0.3, -0.25) is 14.9 Å². The van der Waals surface area contributed by atoms with E-state index >= 15 is 0 Å². The van der Waals surface area contributed by atoms with Gasteiger partial charge in [-0.1, -0.05) is 0 Å². The maximum absolute atomic E-state index is 11.3. The van der Waals surface area contributed by atoms with Crippen LogP contribution in [0.1, 0.15) is 6.42 Å². The third-order valence-electron chi connectivity index (χ3n) is 3.03. The van der Waals surface area contributed by atoms with Gasteiger partial charge in [0.1, 0.15) is 0 Å². The summed E-state index contributed by atoms with van der Waals surface area (Å²) < 4.78 is 0. The summed E-state index contributed by atoms with van der Waals surface area (Å²) in [6, 6.07) is 0. The number of piperidine rings is 1. The zero-order chi connectivity index (χ0) is 10.1. The quantitative estimate of drug-likeness (QED) is 0.534. The Bertz CT molecular complexity index is 267. The van der Waals surface area contributed by atoms with Crippen LogP contribution in [0.25, 0.3) is 0 Å². The number of hydrogen-bond acceptors (Lipinski definition) is 4. The van der Waals surface area contributed by atoms with E-state index in [2.05, 4.69) is 5.32 Å². The SMILES string of the molecule is O=C1NC(=O)C2CN(CCO)CCC12. The number of likely N-dealkylation sites (tertiary alicyclic amines) is 1. The van der Waals surface area contributed by atoms with Crippen molar-refractivity contribution in [1.29, 1.82) is 0 Å². The Morgan fingerprint density at radius 1 is 1.36 bits per heavy atom. The average Bonchev–Trinajstić information content (AvgIpc) is 2.43. The molecule has 0 aromatic rings. The van der Waals surface area contributed by atoms with E-state index in [1.165, 1.54) is 0 Å². The van der Waals surface area contributed by atoms with Crippen LogP contribution in [0.4, 0.5) is 0 Å². The maximum Gasteiger partial charge on any atom is 0.231 e. The van der Waals surface area contributed by atoms with Gasteiger partial charge in [0.15, 0.2) is 0 Å². The van der Waals surface area contributed by atoms with E-state index in [1.54, 1.807) is 0 Å². The molecule has 5 heteroatoms. The largest absolute Gasteiger partial charge is 0.395 e. The summed E-state index contributed by atoms with van der Waals surface area (Å²) >= 11 is 0. The summed E-state index contributed by atoms with van der Waals surface area (Å²) in [7, 11) is 0. The van der Waals surface area contributed by atoms with Gasteiger partial charge in [-0.25, -0.2) is 0 Å². The first kappa shape index (κ1) is 9.61. The first-order valence-corrected chi connectivity index (χ1v) is 4.90. The molecule has 2 rings (SSSR count). The Morgan fingerprint density at radius 2 is 2.07 bits per heavy atom. The summed E-state index contributed by atoms with van der Waals surface area (Å²) in [5, 5.41) is 11.1. The molecular formula is C9H14N2O3. The Balaban J connectivity index is 2.02. The lowest BCUT2D eigenvalue weighted by Crippen LogP contribution is -2.42. The van der Waals surface area contributed by atoms with Crippen LogP contribution in [-0.4, -0.2) is 48.1 Å². The summed E-state index contributed by atoms with van der Waals surface area (Å²) in [6.45, 7) is 2.09. The Kier molecular flexibility index (Phi) is 2.52. The molecular weight excluding hydrogens is 184 g/mol. The number of hydrogen-bond donors (Lipinski definition) is 2. The average molecular weight is 198 g/mol. The van der Waals surface area contributed by atoms with Crippen molar-refractivity contribution < 1.29 is 14.7 Å². The maximum atomic E-state index is 11.3. The Morgan fingerprint density at radius 3 is 2.79 bits per heavy atom. The predicted molar refractivity (Wildman–Crippen MR) is 48.3 cm³/mol. The van der Waals surface area contributed by atoms with E-state index in [0.717, 1.165) is 13.0 Å². The zero-order valence-corrected chi connectivity index (χ0v) is 7.90. The molecule has 0 aromatic heterocycles. The van der Waals surface area contributed by atoms with Gasteiger partial charge in [0.2, 0.25) is 11.8 Å². The van der Waals surface area contributed by atoms with E-state index < -0.39 is 0 Å². The van der Waals surface area contributed by atoms with Crippen LogP contribution in [0.15, 0.2) is 0 Å². The van der Waals surface area contributed by atoms with Crippen molar-refractivity contribution in [2.24, 2.45) is 11.8 Å². The molecule has 2 aliphatic rings. The summed E-state index contributed by atoms with van der Waals surface area (Å²) in [6.07, 6.45) is 0.724. The van der Waals surface area contributed by atoms with Crippen molar-refractivity contribution in [3.8, 4) is 0 Å². The molecule has 2 amide bonds. The standard InChI is InChI=1S/C9H14N2O3/c12-4-3-11-2-1-6-7(5-11)9(14)10-8(6)13/h6-7,12H,1-5H2,(H,10,13,14). The fourth-order valence-electron chi connectivity index (χ4n) is 2.25. The van der Waals surface area contributed by atoms with Crippen LogP contribution in [0, 0.1) is 11.8 Å². The number of imide groups is 1. The second-order valence-corrected chi connectivity index (χ2v) is 3.88. The second kappa shape index (κ2) is 3.67. The molecule has 2 aliphatic heterocycles. The number of nitrogens with zero attached hydrogens (tertiary/aromatic N) is 1. The minimum Gasteiger partial charge on any atom is -0.395 e. The fraction of sp³-hybridized carbons (Fsp3) is 0.778. The number of carbonyl (C=O) groups is 2. The van der Waals surface area contributed by atoms with Crippen LogP contribution < -0.4 is 5.32 Å². The van der Waals surface area contributed by atoms with Gasteiger partial charge in [-0.2, -0.15) is 0 Å². The lowest BCUT2D eigenvalue weighted by atomic mass is 9.88. The third-order valence-corrected chi connectivity index (χ3v) is 3.03. The summed E-state index contributed by atoms with van der Waals surface area (Å²) in [5.41, 5.74) is 0. The van der Waals surface area contributed by atoms with Crippen molar-refractivity contribution in [3.63, 3.8) is 0 Å². The number of aliphatic hydroxyl groups excluding tert-OH is 1. The molecule has 14 heavy (non-hydrogen) atoms. The van der Waals surface area contributed by atoms with Crippen LogP contribution in [0.2, 0.25) is 0 Å². The van der Waals surface area contributed by atoms with Crippen molar-refractivity contribution in [2.45, 2.75) is 6.42 Å². The van der Waals surface area contributed by atoms with Crippen LogP contribution in [0.3, 0.4) is 0 Å². The molecule has 2 fully saturated rings. The molecule has 2 atom stereocenters. The van der Waals surface area contributed by atoms with Gasteiger partial charge >= 0.3 is 0 Å². The van der Waals surface area contributed by atoms with Gasteiger partial charge in [0, 0.05) is 13.1 Å². The minimum atomic E-state index is -0.192. The smallest absolute Gasteiger partial charge is 0.231 e. The Hall–Kier alpha value is -0.940. The molecule has 0 saturated carbocycles. The van der Waals surface area contributed by atoms with Crippen molar-refractivity contribution in [3.05, 3.63) is 0 Å². The highest BCUT2D eigenvalue weighted by atomic mass is 16.3. The molecule has 78 valence electrons. The fourth-order valence-corrected chi connectivity index (χ4v) is 2.25. The van der Waals surface area contributed by atoms with Crippen LogP contribution in [0.5, 0.6) is 0 Å². The first-order valence-electron chi connectivity index (χ1n) is 4.90. The number of fused-ring (bicyclic) bond motifs is 1. The number of amides is 2. The second-order valence-electron chi connectivity index (χ2n) is 3.88. The highest BCUT2D eigenvalue weighted by molar-refractivity contribution is 6.05. The molecule has 0 spiro atoms. The minimum absolute atomic E-state index is 0.104.